The molecular formula is C19H23NO6. The number of fused-ring (bicyclic) bond motifs is 1. The minimum absolute atomic E-state index is 0.0822. The van der Waals surface area contributed by atoms with Gasteiger partial charge >= 0.3 is 0 Å². The van der Waals surface area contributed by atoms with E-state index in [2.05, 4.69) is 5.32 Å². The van der Waals surface area contributed by atoms with Crippen LogP contribution in [0.5, 0.6) is 0 Å². The molecule has 1 saturated carbocycles. The third kappa shape index (κ3) is 3.17. The van der Waals surface area contributed by atoms with Crippen LogP contribution in [0, 0.1) is 5.92 Å². The van der Waals surface area contributed by atoms with E-state index in [-0.39, 0.29) is 5.78 Å². The number of hydrogen-bond acceptors (Lipinski definition) is 7. The SMILES string of the molecule is O=C1C=C(C2CC2)c2ccc(NC3C(O)OC(CO)[C@@H](O)[C@@H]3O)cc2C1. The summed E-state index contributed by atoms with van der Waals surface area (Å²) >= 11 is 0. The fraction of sp³-hybridized carbons (Fsp3) is 0.526. The van der Waals surface area contributed by atoms with Crippen LogP contribution in [0.25, 0.3) is 5.57 Å². The molecule has 1 aliphatic heterocycles. The molecule has 7 heteroatoms. The van der Waals surface area contributed by atoms with Crippen LogP contribution in [0.4, 0.5) is 5.69 Å². The van der Waals surface area contributed by atoms with Crippen LogP contribution in [-0.4, -0.2) is 63.5 Å². The molecule has 0 spiro atoms. The van der Waals surface area contributed by atoms with Gasteiger partial charge in [0.25, 0.3) is 0 Å². The van der Waals surface area contributed by atoms with Gasteiger partial charge in [0.2, 0.25) is 0 Å². The Kier molecular flexibility index (Phi) is 4.58. The predicted molar refractivity (Wildman–Crippen MR) is 93.2 cm³/mol. The standard InChI is InChI=1S/C19H23NO6/c21-8-15-17(23)18(24)16(19(25)26-15)20-11-3-4-13-10(5-11)6-12(22)7-14(13)9-1-2-9/h3-5,7,9,15-21,23-25H,1-2,6,8H2/t15?,16?,17-,18-,19?/m1/s1. The summed E-state index contributed by atoms with van der Waals surface area (Å²) < 4.78 is 5.16. The lowest BCUT2D eigenvalue weighted by atomic mass is 9.87. The fourth-order valence-corrected chi connectivity index (χ4v) is 3.78. The van der Waals surface area contributed by atoms with Crippen molar-refractivity contribution in [2.45, 2.75) is 49.9 Å². The number of aliphatic hydroxyl groups is 4. The Hall–Kier alpha value is -1.77. The van der Waals surface area contributed by atoms with Gasteiger partial charge in [-0.1, -0.05) is 6.07 Å². The molecule has 0 bridgehead atoms. The van der Waals surface area contributed by atoms with Gasteiger partial charge in [-0.05, 0) is 53.7 Å². The van der Waals surface area contributed by atoms with Gasteiger partial charge in [-0.2, -0.15) is 0 Å². The number of carbonyl (C=O) groups is 1. The first-order chi connectivity index (χ1) is 12.5. The van der Waals surface area contributed by atoms with Gasteiger partial charge in [-0.25, -0.2) is 0 Å². The average molecular weight is 361 g/mol. The highest BCUT2D eigenvalue weighted by Crippen LogP contribution is 2.44. The second-order valence-electron chi connectivity index (χ2n) is 7.29. The van der Waals surface area contributed by atoms with Crippen molar-refractivity contribution in [1.29, 1.82) is 0 Å². The molecule has 1 saturated heterocycles. The normalized spacial score (nSPS) is 34.2. The molecule has 140 valence electrons. The van der Waals surface area contributed by atoms with Crippen LogP contribution in [0.2, 0.25) is 0 Å². The van der Waals surface area contributed by atoms with E-state index in [4.69, 9.17) is 9.84 Å². The van der Waals surface area contributed by atoms with Crippen molar-refractivity contribution in [1.82, 2.24) is 0 Å². The Bertz CT molecular complexity index is 744. The van der Waals surface area contributed by atoms with E-state index in [1.165, 1.54) is 0 Å². The predicted octanol–water partition coefficient (Wildman–Crippen LogP) is -0.183. The molecule has 4 rings (SSSR count). The van der Waals surface area contributed by atoms with Crippen LogP contribution < -0.4 is 5.32 Å². The lowest BCUT2D eigenvalue weighted by Crippen LogP contribution is -2.61. The highest BCUT2D eigenvalue weighted by Gasteiger charge is 2.43. The Morgan fingerprint density at radius 2 is 1.92 bits per heavy atom. The van der Waals surface area contributed by atoms with Gasteiger partial charge in [0.1, 0.15) is 24.4 Å². The van der Waals surface area contributed by atoms with Crippen molar-refractivity contribution in [3.63, 3.8) is 0 Å². The highest BCUT2D eigenvalue weighted by atomic mass is 16.6. The fourth-order valence-electron chi connectivity index (χ4n) is 3.78. The first-order valence-electron chi connectivity index (χ1n) is 8.92. The van der Waals surface area contributed by atoms with Crippen molar-refractivity contribution in [3.8, 4) is 0 Å². The molecule has 5 N–H and O–H groups in total. The van der Waals surface area contributed by atoms with Crippen molar-refractivity contribution in [2.24, 2.45) is 5.92 Å². The summed E-state index contributed by atoms with van der Waals surface area (Å²) in [6.07, 6.45) is -0.750. The van der Waals surface area contributed by atoms with Gasteiger partial charge in [0, 0.05) is 12.1 Å². The molecule has 0 aromatic heterocycles. The average Bonchev–Trinajstić information content (AvgIpc) is 3.45. The largest absolute Gasteiger partial charge is 0.394 e. The topological polar surface area (TPSA) is 119 Å². The molecule has 2 fully saturated rings. The quantitative estimate of drug-likeness (QED) is 0.505. The maximum atomic E-state index is 12.0. The lowest BCUT2D eigenvalue weighted by Gasteiger charge is -2.40. The number of ketones is 1. The minimum atomic E-state index is -1.38. The number of ether oxygens (including phenoxy) is 1. The molecule has 0 radical (unpaired) electrons. The maximum Gasteiger partial charge on any atom is 0.178 e. The van der Waals surface area contributed by atoms with E-state index in [1.54, 1.807) is 6.08 Å². The third-order valence-corrected chi connectivity index (χ3v) is 5.35. The van der Waals surface area contributed by atoms with Gasteiger partial charge in [0.15, 0.2) is 12.1 Å². The van der Waals surface area contributed by atoms with E-state index in [0.29, 0.717) is 18.0 Å². The molecule has 1 aromatic rings. The molecular weight excluding hydrogens is 338 g/mol. The molecule has 1 heterocycles. The van der Waals surface area contributed by atoms with E-state index in [1.807, 2.05) is 18.2 Å². The Morgan fingerprint density at radius 1 is 1.15 bits per heavy atom. The third-order valence-electron chi connectivity index (χ3n) is 5.35. The van der Waals surface area contributed by atoms with Gasteiger partial charge < -0.3 is 30.5 Å². The number of carbonyl (C=O) groups excluding carboxylic acids is 1. The summed E-state index contributed by atoms with van der Waals surface area (Å²) in [7, 11) is 0. The molecule has 1 aromatic carbocycles. The van der Waals surface area contributed by atoms with Crippen molar-refractivity contribution >= 4 is 17.0 Å². The van der Waals surface area contributed by atoms with Gasteiger partial charge in [0.05, 0.1) is 6.61 Å². The number of allylic oxidation sites excluding steroid dienone is 2. The number of aliphatic hydroxyl groups excluding tert-OH is 4. The Morgan fingerprint density at radius 3 is 2.62 bits per heavy atom. The summed E-state index contributed by atoms with van der Waals surface area (Å²) in [4.78, 5) is 12.0. The first kappa shape index (κ1) is 17.6. The molecule has 3 aliphatic rings. The second-order valence-corrected chi connectivity index (χ2v) is 7.29. The van der Waals surface area contributed by atoms with E-state index < -0.39 is 37.3 Å². The molecule has 26 heavy (non-hydrogen) atoms. The molecule has 0 amide bonds. The van der Waals surface area contributed by atoms with Crippen LogP contribution in [0.15, 0.2) is 24.3 Å². The summed E-state index contributed by atoms with van der Waals surface area (Å²) in [5, 5.41) is 42.5. The number of anilines is 1. The monoisotopic (exact) mass is 361 g/mol. The Labute approximate surface area is 150 Å². The molecule has 5 atom stereocenters. The summed E-state index contributed by atoms with van der Waals surface area (Å²) in [5.41, 5.74) is 3.72. The first-order valence-corrected chi connectivity index (χ1v) is 8.92. The molecule has 3 unspecified atom stereocenters. The number of rotatable bonds is 4. The molecule has 2 aliphatic carbocycles. The summed E-state index contributed by atoms with van der Waals surface area (Å²) in [6, 6.07) is 4.66. The van der Waals surface area contributed by atoms with Crippen molar-refractivity contribution in [3.05, 3.63) is 35.4 Å². The zero-order valence-electron chi connectivity index (χ0n) is 14.2. The van der Waals surface area contributed by atoms with E-state index >= 15 is 0 Å². The zero-order valence-corrected chi connectivity index (χ0v) is 14.2. The molecule has 7 nitrogen and oxygen atoms in total. The lowest BCUT2D eigenvalue weighted by molar-refractivity contribution is -0.245. The van der Waals surface area contributed by atoms with Crippen molar-refractivity contribution < 1.29 is 30.0 Å². The zero-order chi connectivity index (χ0) is 18.4. The Balaban J connectivity index is 1.55. The van der Waals surface area contributed by atoms with Crippen molar-refractivity contribution in [2.75, 3.05) is 11.9 Å². The minimum Gasteiger partial charge on any atom is -0.394 e. The number of benzene rings is 1. The van der Waals surface area contributed by atoms with Gasteiger partial charge in [-0.3, -0.25) is 4.79 Å². The van der Waals surface area contributed by atoms with Crippen LogP contribution in [-0.2, 0) is 16.0 Å². The van der Waals surface area contributed by atoms with E-state index in [0.717, 1.165) is 29.5 Å². The smallest absolute Gasteiger partial charge is 0.178 e. The number of nitrogens with one attached hydrogen (secondary N) is 1. The van der Waals surface area contributed by atoms with E-state index in [9.17, 15) is 20.1 Å². The van der Waals surface area contributed by atoms with Crippen LogP contribution >= 0.6 is 0 Å². The summed E-state index contributed by atoms with van der Waals surface area (Å²) in [6.45, 7) is -0.501. The van der Waals surface area contributed by atoms with Crippen LogP contribution in [0.3, 0.4) is 0 Å². The number of hydrogen-bond donors (Lipinski definition) is 5. The van der Waals surface area contributed by atoms with Crippen LogP contribution in [0.1, 0.15) is 24.0 Å². The van der Waals surface area contributed by atoms with Gasteiger partial charge in [-0.15, -0.1) is 0 Å². The maximum absolute atomic E-state index is 12.0. The second kappa shape index (κ2) is 6.75. The highest BCUT2D eigenvalue weighted by molar-refractivity contribution is 6.02. The summed E-state index contributed by atoms with van der Waals surface area (Å²) in [5.74, 6) is 0.552.